The molecule has 2 atom stereocenters. The van der Waals surface area contributed by atoms with Crippen molar-refractivity contribution in [2.75, 3.05) is 6.54 Å². The number of thioether (sulfide) groups is 1. The Balaban J connectivity index is 1.81. The van der Waals surface area contributed by atoms with Gasteiger partial charge in [-0.15, -0.1) is 10.2 Å². The second-order valence-electron chi connectivity index (χ2n) is 7.75. The van der Waals surface area contributed by atoms with Crippen molar-refractivity contribution in [1.82, 2.24) is 25.4 Å². The molecule has 9 heteroatoms. The lowest BCUT2D eigenvalue weighted by Crippen LogP contribution is -2.42. The van der Waals surface area contributed by atoms with Crippen molar-refractivity contribution in [3.63, 3.8) is 0 Å². The molecular formula is C25H31N5O3S. The summed E-state index contributed by atoms with van der Waals surface area (Å²) in [5.41, 5.74) is 2.32. The van der Waals surface area contributed by atoms with E-state index in [9.17, 15) is 9.59 Å². The number of aromatic nitrogens is 3. The van der Waals surface area contributed by atoms with Gasteiger partial charge in [-0.25, -0.2) is 4.79 Å². The van der Waals surface area contributed by atoms with E-state index in [4.69, 9.17) is 4.74 Å². The fourth-order valence-electron chi connectivity index (χ4n) is 3.36. The molecule has 0 radical (unpaired) electrons. The molecule has 1 aromatic heterocycles. The van der Waals surface area contributed by atoms with Crippen LogP contribution in [0.5, 0.6) is 5.75 Å². The van der Waals surface area contributed by atoms with Gasteiger partial charge >= 0.3 is 6.03 Å². The van der Waals surface area contributed by atoms with Crippen LogP contribution in [0.4, 0.5) is 4.79 Å². The number of amides is 3. The van der Waals surface area contributed by atoms with Crippen molar-refractivity contribution in [3.05, 3.63) is 71.5 Å². The van der Waals surface area contributed by atoms with Gasteiger partial charge in [0.05, 0.1) is 11.3 Å². The average Bonchev–Trinajstić information content (AvgIpc) is 3.25. The first-order valence-corrected chi connectivity index (χ1v) is 12.3. The van der Waals surface area contributed by atoms with Gasteiger partial charge in [-0.05, 0) is 50.5 Å². The maximum atomic E-state index is 12.5. The smallest absolute Gasteiger partial charge is 0.321 e. The summed E-state index contributed by atoms with van der Waals surface area (Å²) in [6, 6.07) is 17.4. The number of urea groups is 1. The number of carbonyl (C=O) groups excluding carboxylic acids is 2. The van der Waals surface area contributed by atoms with E-state index in [0.29, 0.717) is 17.5 Å². The maximum absolute atomic E-state index is 12.5. The zero-order valence-electron chi connectivity index (χ0n) is 19.9. The van der Waals surface area contributed by atoms with E-state index in [-0.39, 0.29) is 12.6 Å². The molecule has 0 aliphatic heterocycles. The van der Waals surface area contributed by atoms with Crippen LogP contribution in [-0.2, 0) is 17.8 Å². The van der Waals surface area contributed by atoms with E-state index in [0.717, 1.165) is 17.7 Å². The Bertz CT molecular complexity index is 1090. The monoisotopic (exact) mass is 481 g/mol. The van der Waals surface area contributed by atoms with Crippen LogP contribution in [-0.4, -0.2) is 38.5 Å². The first-order chi connectivity index (χ1) is 16.4. The number of ether oxygens (including phenoxy) is 1. The number of imide groups is 1. The highest BCUT2D eigenvalue weighted by Gasteiger charge is 2.24. The molecule has 180 valence electrons. The molecular weight excluding hydrogens is 450 g/mol. The summed E-state index contributed by atoms with van der Waals surface area (Å²) in [4.78, 5) is 24.2. The lowest BCUT2D eigenvalue weighted by Gasteiger charge is -2.20. The van der Waals surface area contributed by atoms with Gasteiger partial charge in [-0.3, -0.25) is 14.7 Å². The summed E-state index contributed by atoms with van der Waals surface area (Å²) in [5, 5.41) is 13.7. The highest BCUT2D eigenvalue weighted by molar-refractivity contribution is 8.00. The predicted octanol–water partition coefficient (Wildman–Crippen LogP) is 4.36. The van der Waals surface area contributed by atoms with Crippen molar-refractivity contribution in [2.24, 2.45) is 0 Å². The van der Waals surface area contributed by atoms with E-state index < -0.39 is 17.2 Å². The van der Waals surface area contributed by atoms with Crippen LogP contribution in [0.1, 0.15) is 50.7 Å². The van der Waals surface area contributed by atoms with Gasteiger partial charge in [-0.2, -0.15) is 0 Å². The van der Waals surface area contributed by atoms with Crippen molar-refractivity contribution in [1.29, 1.82) is 0 Å². The van der Waals surface area contributed by atoms with Crippen LogP contribution in [0, 0.1) is 0 Å². The molecule has 3 rings (SSSR count). The number of nitrogens with one attached hydrogen (secondary N) is 2. The lowest BCUT2D eigenvalue weighted by atomic mass is 10.1. The Kier molecular flexibility index (Phi) is 9.09. The summed E-state index contributed by atoms with van der Waals surface area (Å²) < 4.78 is 7.98. The summed E-state index contributed by atoms with van der Waals surface area (Å²) in [6.45, 7) is 8.36. The lowest BCUT2D eigenvalue weighted by molar-refractivity contribution is -0.119. The predicted molar refractivity (Wildman–Crippen MR) is 133 cm³/mol. The molecule has 8 nitrogen and oxygen atoms in total. The zero-order valence-corrected chi connectivity index (χ0v) is 20.8. The summed E-state index contributed by atoms with van der Waals surface area (Å²) in [6.07, 6.45) is 0.968. The maximum Gasteiger partial charge on any atom is 0.321 e. The first-order valence-electron chi connectivity index (χ1n) is 11.4. The molecule has 2 aromatic carbocycles. The molecule has 0 saturated carbocycles. The second kappa shape index (κ2) is 12.2. The molecule has 2 N–H and O–H groups in total. The van der Waals surface area contributed by atoms with Crippen molar-refractivity contribution >= 4 is 23.7 Å². The number of carbonyl (C=O) groups is 2. The fraction of sp³-hybridized carbons (Fsp3) is 0.360. The highest BCUT2D eigenvalue weighted by Crippen LogP contribution is 2.29. The first kappa shape index (κ1) is 25.3. The van der Waals surface area contributed by atoms with Crippen LogP contribution < -0.4 is 15.4 Å². The number of nitrogens with zero attached hydrogens (tertiary/aromatic N) is 3. The summed E-state index contributed by atoms with van der Waals surface area (Å²) in [5.74, 6) is 1.00. The highest BCUT2D eigenvalue weighted by atomic mass is 32.2. The molecule has 0 aliphatic carbocycles. The third kappa shape index (κ3) is 6.60. The molecule has 0 aliphatic rings. The van der Waals surface area contributed by atoms with E-state index in [1.165, 1.54) is 17.3 Å². The quantitative estimate of drug-likeness (QED) is 0.418. The molecule has 0 saturated heterocycles. The Morgan fingerprint density at radius 1 is 1.03 bits per heavy atom. The van der Waals surface area contributed by atoms with Gasteiger partial charge < -0.3 is 10.1 Å². The van der Waals surface area contributed by atoms with Crippen LogP contribution in [0.25, 0.3) is 0 Å². The molecule has 2 unspecified atom stereocenters. The number of rotatable bonds is 10. The Morgan fingerprint density at radius 2 is 1.74 bits per heavy atom. The Labute approximate surface area is 204 Å². The van der Waals surface area contributed by atoms with Crippen LogP contribution in [0.3, 0.4) is 0 Å². The number of benzene rings is 2. The van der Waals surface area contributed by atoms with E-state index >= 15 is 0 Å². The molecule has 34 heavy (non-hydrogen) atoms. The largest absolute Gasteiger partial charge is 0.486 e. The van der Waals surface area contributed by atoms with Gasteiger partial charge in [0.25, 0.3) is 0 Å². The van der Waals surface area contributed by atoms with Crippen LogP contribution >= 0.6 is 11.8 Å². The SMILES string of the molecule is CCNC(=O)NC(=O)C(C)Sc1nnc(COc2ccc(CC)cc2)n1C(C)c1ccccc1. The van der Waals surface area contributed by atoms with Gasteiger partial charge in [-0.1, -0.05) is 61.2 Å². The minimum absolute atomic E-state index is 0.0848. The van der Waals surface area contributed by atoms with E-state index in [1.807, 2.05) is 59.2 Å². The van der Waals surface area contributed by atoms with Crippen molar-refractivity contribution < 1.29 is 14.3 Å². The standard InChI is InChI=1S/C25H31N5O3S/c1-5-19-12-14-21(15-13-19)33-16-22-28-29-25(30(22)17(3)20-10-8-7-9-11-20)34-18(4)23(31)27-24(32)26-6-2/h7-15,17-18H,5-6,16H2,1-4H3,(H2,26,27,31,32). The van der Waals surface area contributed by atoms with Crippen molar-refractivity contribution in [2.45, 2.75) is 57.2 Å². The second-order valence-corrected chi connectivity index (χ2v) is 9.06. The fourth-order valence-corrected chi connectivity index (χ4v) is 4.30. The molecule has 3 aromatic rings. The number of aryl methyl sites for hydroxylation is 1. The third-order valence-electron chi connectivity index (χ3n) is 5.33. The Hall–Kier alpha value is -3.33. The molecule has 0 spiro atoms. The zero-order chi connectivity index (χ0) is 24.5. The number of hydrogen-bond acceptors (Lipinski definition) is 6. The third-order valence-corrected chi connectivity index (χ3v) is 6.39. The van der Waals surface area contributed by atoms with Gasteiger partial charge in [0, 0.05) is 6.54 Å². The van der Waals surface area contributed by atoms with Gasteiger partial charge in [0.1, 0.15) is 12.4 Å². The normalized spacial score (nSPS) is 12.6. The molecule has 0 bridgehead atoms. The van der Waals surface area contributed by atoms with Gasteiger partial charge in [0.15, 0.2) is 11.0 Å². The minimum Gasteiger partial charge on any atom is -0.486 e. The minimum atomic E-state index is -0.552. The van der Waals surface area contributed by atoms with Crippen LogP contribution in [0.15, 0.2) is 59.8 Å². The van der Waals surface area contributed by atoms with E-state index in [1.54, 1.807) is 13.8 Å². The summed E-state index contributed by atoms with van der Waals surface area (Å²) in [7, 11) is 0. The molecule has 1 heterocycles. The van der Waals surface area contributed by atoms with Gasteiger partial charge in [0.2, 0.25) is 5.91 Å². The Morgan fingerprint density at radius 3 is 2.38 bits per heavy atom. The topological polar surface area (TPSA) is 98.1 Å². The number of hydrogen-bond donors (Lipinski definition) is 2. The molecule has 3 amide bonds. The average molecular weight is 482 g/mol. The molecule has 0 fully saturated rings. The van der Waals surface area contributed by atoms with E-state index in [2.05, 4.69) is 34.7 Å². The summed E-state index contributed by atoms with van der Waals surface area (Å²) >= 11 is 1.25. The van der Waals surface area contributed by atoms with Crippen LogP contribution in [0.2, 0.25) is 0 Å². The van der Waals surface area contributed by atoms with Crippen molar-refractivity contribution in [3.8, 4) is 5.75 Å².